The molecule has 1 saturated heterocycles. The highest BCUT2D eigenvalue weighted by Crippen LogP contribution is 2.27. The topological polar surface area (TPSA) is 89.9 Å². The molecule has 9 nitrogen and oxygen atoms in total. The van der Waals surface area contributed by atoms with Crippen molar-refractivity contribution in [1.82, 2.24) is 29.4 Å². The zero-order valence-corrected chi connectivity index (χ0v) is 19.5. The molecule has 0 amide bonds. The van der Waals surface area contributed by atoms with Crippen LogP contribution in [-0.4, -0.2) is 62.6 Å². The van der Waals surface area contributed by atoms with Gasteiger partial charge in [-0.2, -0.15) is 4.98 Å². The SMILES string of the molecule is CN1CCN(c2ccc(Nc3ncc4nc(Nc5ccccc5)n(-c5cc[nH]c5)c4n3)cc2)CC1. The molecule has 0 radical (unpaired) electrons. The summed E-state index contributed by atoms with van der Waals surface area (Å²) in [5.41, 5.74) is 5.49. The fourth-order valence-corrected chi connectivity index (χ4v) is 4.32. The minimum atomic E-state index is 0.521. The number of para-hydroxylation sites is 1. The van der Waals surface area contributed by atoms with Crippen LogP contribution >= 0.6 is 0 Å². The van der Waals surface area contributed by atoms with E-state index in [4.69, 9.17) is 9.97 Å². The number of hydrogen-bond acceptors (Lipinski definition) is 7. The summed E-state index contributed by atoms with van der Waals surface area (Å²) >= 11 is 0. The Balaban J connectivity index is 1.28. The summed E-state index contributed by atoms with van der Waals surface area (Å²) in [6.07, 6.45) is 5.56. The number of fused-ring (bicyclic) bond motifs is 1. The van der Waals surface area contributed by atoms with Crippen LogP contribution in [0.5, 0.6) is 0 Å². The van der Waals surface area contributed by atoms with E-state index in [1.54, 1.807) is 6.20 Å². The van der Waals surface area contributed by atoms with Crippen molar-refractivity contribution >= 4 is 40.1 Å². The molecular weight excluding hydrogens is 438 g/mol. The first-order valence-corrected chi connectivity index (χ1v) is 11.7. The van der Waals surface area contributed by atoms with Gasteiger partial charge in [-0.05, 0) is 49.5 Å². The molecule has 9 heteroatoms. The number of nitrogens with one attached hydrogen (secondary N) is 3. The van der Waals surface area contributed by atoms with Gasteiger partial charge in [0.05, 0.1) is 11.9 Å². The number of imidazole rings is 1. The minimum Gasteiger partial charge on any atom is -0.369 e. The first-order valence-electron chi connectivity index (χ1n) is 11.7. The molecule has 3 N–H and O–H groups in total. The Morgan fingerprint density at radius 2 is 1.57 bits per heavy atom. The first kappa shape index (κ1) is 21.2. The monoisotopic (exact) mass is 465 g/mol. The van der Waals surface area contributed by atoms with E-state index >= 15 is 0 Å². The van der Waals surface area contributed by atoms with Crippen LogP contribution in [0.25, 0.3) is 16.9 Å². The summed E-state index contributed by atoms with van der Waals surface area (Å²) in [7, 11) is 2.17. The molecule has 6 rings (SSSR count). The smallest absolute Gasteiger partial charge is 0.229 e. The average Bonchev–Trinajstić information content (AvgIpc) is 3.53. The summed E-state index contributed by atoms with van der Waals surface area (Å²) in [6, 6.07) is 20.4. The van der Waals surface area contributed by atoms with Gasteiger partial charge in [-0.1, -0.05) is 18.2 Å². The summed E-state index contributed by atoms with van der Waals surface area (Å²) < 4.78 is 1.99. The highest BCUT2D eigenvalue weighted by molar-refractivity contribution is 5.79. The quantitative estimate of drug-likeness (QED) is 0.343. The lowest BCUT2D eigenvalue weighted by Crippen LogP contribution is -2.44. The van der Waals surface area contributed by atoms with Gasteiger partial charge in [0.1, 0.15) is 5.52 Å². The lowest BCUT2D eigenvalue weighted by Gasteiger charge is -2.34. The second-order valence-electron chi connectivity index (χ2n) is 8.70. The van der Waals surface area contributed by atoms with Crippen molar-refractivity contribution < 1.29 is 0 Å². The number of aromatic nitrogens is 5. The fraction of sp³-hybridized carbons (Fsp3) is 0.192. The van der Waals surface area contributed by atoms with Crippen LogP contribution in [0.1, 0.15) is 0 Å². The van der Waals surface area contributed by atoms with Gasteiger partial charge in [-0.25, -0.2) is 9.97 Å². The number of aromatic amines is 1. The molecular formula is C26H27N9. The van der Waals surface area contributed by atoms with Gasteiger partial charge < -0.3 is 25.4 Å². The van der Waals surface area contributed by atoms with Crippen molar-refractivity contribution in [2.45, 2.75) is 0 Å². The number of hydrogen-bond donors (Lipinski definition) is 3. The highest BCUT2D eigenvalue weighted by Gasteiger charge is 2.17. The van der Waals surface area contributed by atoms with E-state index in [0.717, 1.165) is 48.9 Å². The number of anilines is 5. The maximum Gasteiger partial charge on any atom is 0.229 e. The number of likely N-dealkylation sites (N-methyl/N-ethyl adjacent to an activating group) is 1. The average molecular weight is 466 g/mol. The lowest BCUT2D eigenvalue weighted by atomic mass is 10.2. The molecule has 176 valence electrons. The molecule has 1 fully saturated rings. The van der Waals surface area contributed by atoms with Gasteiger partial charge in [0.15, 0.2) is 5.65 Å². The van der Waals surface area contributed by atoms with E-state index in [9.17, 15) is 0 Å². The Morgan fingerprint density at radius 3 is 2.31 bits per heavy atom. The number of piperazine rings is 1. The number of H-pyrrole nitrogens is 1. The minimum absolute atomic E-state index is 0.521. The van der Waals surface area contributed by atoms with Crippen molar-refractivity contribution in [3.05, 3.63) is 79.3 Å². The van der Waals surface area contributed by atoms with Crippen LogP contribution in [0.4, 0.5) is 29.0 Å². The van der Waals surface area contributed by atoms with Crippen LogP contribution in [-0.2, 0) is 0 Å². The summed E-state index contributed by atoms with van der Waals surface area (Å²) in [4.78, 5) is 22.0. The molecule has 1 aliphatic rings. The number of benzene rings is 2. The van der Waals surface area contributed by atoms with Gasteiger partial charge in [0, 0.05) is 55.6 Å². The Bertz CT molecular complexity index is 1400. The van der Waals surface area contributed by atoms with Gasteiger partial charge >= 0.3 is 0 Å². The zero-order chi connectivity index (χ0) is 23.6. The molecule has 3 aromatic heterocycles. The largest absolute Gasteiger partial charge is 0.369 e. The second-order valence-corrected chi connectivity index (χ2v) is 8.70. The van der Waals surface area contributed by atoms with Crippen molar-refractivity contribution in [3.8, 4) is 5.69 Å². The Hall–Kier alpha value is -4.37. The van der Waals surface area contributed by atoms with E-state index in [0.29, 0.717) is 17.4 Å². The van der Waals surface area contributed by atoms with Crippen LogP contribution in [0.3, 0.4) is 0 Å². The van der Waals surface area contributed by atoms with Gasteiger partial charge in [-0.15, -0.1) is 0 Å². The summed E-state index contributed by atoms with van der Waals surface area (Å²) in [5, 5.41) is 6.75. The molecule has 0 unspecified atom stereocenters. The maximum atomic E-state index is 4.82. The molecule has 5 aromatic rings. The van der Waals surface area contributed by atoms with Gasteiger partial charge in [-0.3, -0.25) is 4.57 Å². The predicted octanol–water partition coefficient (Wildman–Crippen LogP) is 4.38. The van der Waals surface area contributed by atoms with Gasteiger partial charge in [0.2, 0.25) is 11.9 Å². The number of nitrogens with zero attached hydrogens (tertiary/aromatic N) is 6. The Morgan fingerprint density at radius 1 is 0.800 bits per heavy atom. The number of rotatable bonds is 6. The van der Waals surface area contributed by atoms with Crippen LogP contribution < -0.4 is 15.5 Å². The molecule has 35 heavy (non-hydrogen) atoms. The van der Waals surface area contributed by atoms with Crippen LogP contribution in [0.2, 0.25) is 0 Å². The van der Waals surface area contributed by atoms with E-state index in [2.05, 4.69) is 61.7 Å². The molecule has 0 spiro atoms. The van der Waals surface area contributed by atoms with Crippen molar-refractivity contribution in [1.29, 1.82) is 0 Å². The molecule has 1 aliphatic heterocycles. The third-order valence-corrected chi connectivity index (χ3v) is 6.26. The Labute approximate surface area is 203 Å². The molecule has 0 saturated carbocycles. The third-order valence-electron chi connectivity index (χ3n) is 6.26. The second kappa shape index (κ2) is 9.11. The van der Waals surface area contributed by atoms with Crippen molar-refractivity contribution in [3.63, 3.8) is 0 Å². The van der Waals surface area contributed by atoms with E-state index in [1.165, 1.54) is 5.69 Å². The van der Waals surface area contributed by atoms with Gasteiger partial charge in [0.25, 0.3) is 0 Å². The third kappa shape index (κ3) is 4.41. The Kier molecular flexibility index (Phi) is 5.51. The molecule has 2 aromatic carbocycles. The summed E-state index contributed by atoms with van der Waals surface area (Å²) in [5.74, 6) is 1.20. The van der Waals surface area contributed by atoms with E-state index < -0.39 is 0 Å². The van der Waals surface area contributed by atoms with Crippen molar-refractivity contribution in [2.75, 3.05) is 48.8 Å². The lowest BCUT2D eigenvalue weighted by molar-refractivity contribution is 0.313. The molecule has 0 atom stereocenters. The fourth-order valence-electron chi connectivity index (χ4n) is 4.32. The molecule has 0 aliphatic carbocycles. The predicted molar refractivity (Wildman–Crippen MR) is 140 cm³/mol. The normalized spacial score (nSPS) is 14.4. The van der Waals surface area contributed by atoms with Crippen LogP contribution in [0, 0.1) is 0 Å². The first-order chi connectivity index (χ1) is 17.2. The standard InChI is InChI=1S/C26H27N9/c1-33-13-15-34(16-14-33)21-9-7-20(8-10-21)29-25-28-18-23-24(32-25)35(22-11-12-27-17-22)26(31-23)30-19-5-3-2-4-6-19/h2-12,17-18,27H,13-16H2,1H3,(H,30,31)(H,28,29,32). The molecule has 4 heterocycles. The highest BCUT2D eigenvalue weighted by atomic mass is 15.3. The van der Waals surface area contributed by atoms with E-state index in [1.807, 2.05) is 53.4 Å². The van der Waals surface area contributed by atoms with Crippen molar-refractivity contribution in [2.24, 2.45) is 0 Å². The maximum absolute atomic E-state index is 4.82. The van der Waals surface area contributed by atoms with E-state index in [-0.39, 0.29) is 0 Å². The zero-order valence-electron chi connectivity index (χ0n) is 19.5. The molecule has 0 bridgehead atoms. The summed E-state index contributed by atoms with van der Waals surface area (Å²) in [6.45, 7) is 4.27. The van der Waals surface area contributed by atoms with Crippen LogP contribution in [0.15, 0.2) is 79.3 Å².